The highest BCUT2D eigenvalue weighted by Crippen LogP contribution is 2.29. The number of halogens is 2. The number of amides is 1. The van der Waals surface area contributed by atoms with Gasteiger partial charge in [-0.05, 0) is 42.8 Å². The summed E-state index contributed by atoms with van der Waals surface area (Å²) < 4.78 is 52.1. The molecule has 174 valence electrons. The van der Waals surface area contributed by atoms with E-state index in [1.165, 1.54) is 48.5 Å². The number of rotatable bonds is 7. The molecule has 3 rings (SSSR count). The van der Waals surface area contributed by atoms with Crippen molar-refractivity contribution in [1.82, 2.24) is 15.1 Å². The molecule has 0 spiro atoms. The van der Waals surface area contributed by atoms with Crippen molar-refractivity contribution >= 4 is 15.7 Å². The van der Waals surface area contributed by atoms with Crippen molar-refractivity contribution in [2.75, 3.05) is 12.9 Å². The standard InChI is InChI=1S/C22H21F2N3O5S/c1-14(15-5-3-6-16(11-15)22(23,24)13-28)25-21(30)19-9-10-20(29)27(26-19)17-7-4-8-18(12-17)33(2,31)32/h3-12,14,28H,13H2,1-2H3,(H,25,30)/t14-/m1/s1. The van der Waals surface area contributed by atoms with Gasteiger partial charge < -0.3 is 10.4 Å². The van der Waals surface area contributed by atoms with Gasteiger partial charge >= 0.3 is 0 Å². The summed E-state index contributed by atoms with van der Waals surface area (Å²) in [5.74, 6) is -4.09. The molecule has 0 bridgehead atoms. The Bertz CT molecular complexity index is 1360. The van der Waals surface area contributed by atoms with Crippen molar-refractivity contribution in [2.45, 2.75) is 23.8 Å². The SMILES string of the molecule is C[C@@H](NC(=O)c1ccc(=O)n(-c2cccc(S(C)(=O)=O)c2)n1)c1cccc(C(F)(F)CO)c1. The number of aliphatic hydroxyl groups is 1. The highest BCUT2D eigenvalue weighted by atomic mass is 32.2. The van der Waals surface area contributed by atoms with E-state index < -0.39 is 39.9 Å². The monoisotopic (exact) mass is 477 g/mol. The van der Waals surface area contributed by atoms with Gasteiger partial charge in [-0.2, -0.15) is 18.6 Å². The van der Waals surface area contributed by atoms with Gasteiger partial charge in [-0.15, -0.1) is 0 Å². The molecule has 0 saturated carbocycles. The lowest BCUT2D eigenvalue weighted by atomic mass is 10.0. The Hall–Kier alpha value is -3.44. The molecule has 1 amide bonds. The van der Waals surface area contributed by atoms with Crippen LogP contribution in [0.4, 0.5) is 8.78 Å². The van der Waals surface area contributed by atoms with E-state index in [4.69, 9.17) is 5.11 Å². The topological polar surface area (TPSA) is 118 Å². The summed E-state index contributed by atoms with van der Waals surface area (Å²) in [5.41, 5.74) is -0.569. The van der Waals surface area contributed by atoms with Gasteiger partial charge in [0.25, 0.3) is 17.4 Å². The molecular formula is C22H21F2N3O5S. The second kappa shape index (κ2) is 9.20. The molecule has 0 radical (unpaired) electrons. The Morgan fingerprint density at radius 3 is 2.52 bits per heavy atom. The number of aliphatic hydroxyl groups excluding tert-OH is 1. The minimum absolute atomic E-state index is 0.0169. The zero-order valence-electron chi connectivity index (χ0n) is 17.7. The highest BCUT2D eigenvalue weighted by Gasteiger charge is 2.31. The van der Waals surface area contributed by atoms with Crippen LogP contribution in [0.1, 0.15) is 34.6 Å². The van der Waals surface area contributed by atoms with Crippen LogP contribution in [-0.2, 0) is 15.8 Å². The molecule has 8 nitrogen and oxygen atoms in total. The van der Waals surface area contributed by atoms with E-state index in [-0.39, 0.29) is 21.8 Å². The van der Waals surface area contributed by atoms with E-state index in [9.17, 15) is 26.8 Å². The molecule has 0 saturated heterocycles. The minimum Gasteiger partial charge on any atom is -0.390 e. The highest BCUT2D eigenvalue weighted by molar-refractivity contribution is 7.90. The number of aromatic nitrogens is 2. The Morgan fingerprint density at radius 2 is 1.85 bits per heavy atom. The number of nitrogens with zero attached hydrogens (tertiary/aromatic N) is 2. The second-order valence-corrected chi connectivity index (χ2v) is 9.44. The number of carbonyl (C=O) groups is 1. The van der Waals surface area contributed by atoms with Crippen molar-refractivity contribution < 1.29 is 27.1 Å². The number of benzene rings is 2. The lowest BCUT2D eigenvalue weighted by Gasteiger charge is -2.18. The van der Waals surface area contributed by atoms with Gasteiger partial charge in [-0.1, -0.05) is 24.3 Å². The zero-order chi connectivity index (χ0) is 24.4. The summed E-state index contributed by atoms with van der Waals surface area (Å²) >= 11 is 0. The third kappa shape index (κ3) is 5.49. The van der Waals surface area contributed by atoms with Gasteiger partial charge in [0.15, 0.2) is 9.84 Å². The lowest BCUT2D eigenvalue weighted by Crippen LogP contribution is -2.31. The van der Waals surface area contributed by atoms with E-state index in [1.807, 2.05) is 0 Å². The molecule has 0 unspecified atom stereocenters. The molecule has 3 aromatic rings. The van der Waals surface area contributed by atoms with Crippen LogP contribution in [0.5, 0.6) is 0 Å². The number of hydrogen-bond donors (Lipinski definition) is 2. The maximum Gasteiger partial charge on any atom is 0.295 e. The maximum atomic E-state index is 13.8. The maximum absolute atomic E-state index is 13.8. The van der Waals surface area contributed by atoms with Crippen LogP contribution >= 0.6 is 0 Å². The van der Waals surface area contributed by atoms with E-state index >= 15 is 0 Å². The molecule has 1 heterocycles. The molecule has 2 N–H and O–H groups in total. The smallest absolute Gasteiger partial charge is 0.295 e. The summed E-state index contributed by atoms with van der Waals surface area (Å²) in [5, 5.41) is 15.5. The first-order valence-corrected chi connectivity index (χ1v) is 11.6. The molecule has 1 atom stereocenters. The lowest BCUT2D eigenvalue weighted by molar-refractivity contribution is -0.0556. The molecule has 1 aromatic heterocycles. The van der Waals surface area contributed by atoms with Gasteiger partial charge in [0, 0.05) is 17.9 Å². The number of nitrogens with one attached hydrogen (secondary N) is 1. The van der Waals surface area contributed by atoms with Crippen molar-refractivity contribution in [1.29, 1.82) is 0 Å². The molecule has 11 heteroatoms. The largest absolute Gasteiger partial charge is 0.390 e. The normalized spacial score (nSPS) is 12.9. The van der Waals surface area contributed by atoms with Crippen molar-refractivity contribution in [2.24, 2.45) is 0 Å². The summed E-state index contributed by atoms with van der Waals surface area (Å²) in [4.78, 5) is 25.0. The number of hydrogen-bond acceptors (Lipinski definition) is 6. The molecule has 0 aliphatic carbocycles. The zero-order valence-corrected chi connectivity index (χ0v) is 18.5. The fraction of sp³-hybridized carbons (Fsp3) is 0.227. The predicted octanol–water partition coefficient (Wildman–Crippen LogP) is 2.21. The van der Waals surface area contributed by atoms with Gasteiger partial charge in [-0.25, -0.2) is 8.42 Å². The van der Waals surface area contributed by atoms with E-state index in [2.05, 4.69) is 10.4 Å². The summed E-state index contributed by atoms with van der Waals surface area (Å²) in [6.45, 7) is 0.239. The number of alkyl halides is 2. The van der Waals surface area contributed by atoms with E-state index in [0.717, 1.165) is 17.0 Å². The Balaban J connectivity index is 1.88. The van der Waals surface area contributed by atoms with Crippen LogP contribution in [0.3, 0.4) is 0 Å². The minimum atomic E-state index is -3.53. The van der Waals surface area contributed by atoms with Gasteiger partial charge in [0.2, 0.25) is 0 Å². The fourth-order valence-corrected chi connectivity index (χ4v) is 3.70. The number of carbonyl (C=O) groups excluding carboxylic acids is 1. The van der Waals surface area contributed by atoms with Crippen LogP contribution in [0.25, 0.3) is 5.69 Å². The van der Waals surface area contributed by atoms with E-state index in [1.54, 1.807) is 13.0 Å². The van der Waals surface area contributed by atoms with Crippen molar-refractivity contribution in [3.8, 4) is 5.69 Å². The van der Waals surface area contributed by atoms with Crippen LogP contribution < -0.4 is 10.9 Å². The third-order valence-corrected chi connectivity index (χ3v) is 5.99. The molecule has 0 aliphatic rings. The van der Waals surface area contributed by atoms with Gasteiger partial charge in [-0.3, -0.25) is 9.59 Å². The fourth-order valence-electron chi connectivity index (χ4n) is 3.04. The second-order valence-electron chi connectivity index (χ2n) is 7.42. The first kappa shape index (κ1) is 24.2. The average Bonchev–Trinajstić information content (AvgIpc) is 2.79. The van der Waals surface area contributed by atoms with Crippen LogP contribution in [0.2, 0.25) is 0 Å². The molecular weight excluding hydrogens is 456 g/mol. The Morgan fingerprint density at radius 1 is 1.15 bits per heavy atom. The van der Waals surface area contributed by atoms with Crippen molar-refractivity contribution in [3.63, 3.8) is 0 Å². The summed E-state index contributed by atoms with van der Waals surface area (Å²) in [7, 11) is -3.53. The summed E-state index contributed by atoms with van der Waals surface area (Å²) in [6.07, 6.45) is 1.03. The molecule has 0 fully saturated rings. The molecule has 33 heavy (non-hydrogen) atoms. The molecule has 0 aliphatic heterocycles. The predicted molar refractivity (Wildman–Crippen MR) is 116 cm³/mol. The van der Waals surface area contributed by atoms with Crippen LogP contribution in [-0.4, -0.2) is 42.1 Å². The average molecular weight is 477 g/mol. The summed E-state index contributed by atoms with van der Waals surface area (Å²) in [6, 6.07) is 12.5. The Kier molecular flexibility index (Phi) is 6.75. The first-order valence-electron chi connectivity index (χ1n) is 9.73. The first-order chi connectivity index (χ1) is 15.4. The van der Waals surface area contributed by atoms with E-state index in [0.29, 0.717) is 5.56 Å². The van der Waals surface area contributed by atoms with Gasteiger partial charge in [0.05, 0.1) is 16.6 Å². The quantitative estimate of drug-likeness (QED) is 0.539. The van der Waals surface area contributed by atoms with Crippen LogP contribution in [0.15, 0.2) is 70.4 Å². The van der Waals surface area contributed by atoms with Crippen molar-refractivity contribution in [3.05, 3.63) is 87.8 Å². The Labute approximate surface area is 188 Å². The van der Waals surface area contributed by atoms with Gasteiger partial charge in [0.1, 0.15) is 12.3 Å². The van der Waals surface area contributed by atoms with Crippen LogP contribution in [0, 0.1) is 0 Å². The third-order valence-electron chi connectivity index (χ3n) is 4.88. The molecule has 2 aromatic carbocycles. The number of sulfone groups is 1.